The van der Waals surface area contributed by atoms with Gasteiger partial charge in [0, 0.05) is 0 Å². The number of carbonyl (C=O) groups excluding carboxylic acids is 1. The normalized spacial score (nSPS) is 11.2. The number of esters is 1. The van der Waals surface area contributed by atoms with Crippen molar-refractivity contribution < 1.29 is 66.4 Å². The summed E-state index contributed by atoms with van der Waals surface area (Å²) in [6.45, 7) is 11.2. The minimum absolute atomic E-state index is 0.244. The SMILES string of the molecule is COC(=O)CCOCCOCCOCCOCCOCCOCCOCCOCCOCCOCCOCCOc1ccccc1. The van der Waals surface area contributed by atoms with Gasteiger partial charge in [-0.3, -0.25) is 4.79 Å². The van der Waals surface area contributed by atoms with Crippen molar-refractivity contribution in [3.05, 3.63) is 30.3 Å². The van der Waals surface area contributed by atoms with Crippen molar-refractivity contribution in [2.24, 2.45) is 0 Å². The van der Waals surface area contributed by atoms with Crippen LogP contribution in [-0.2, 0) is 61.6 Å². The van der Waals surface area contributed by atoms with Gasteiger partial charge in [0.05, 0.1) is 159 Å². The Labute approximate surface area is 274 Å². The van der Waals surface area contributed by atoms with E-state index >= 15 is 0 Å². The Morgan fingerprint density at radius 3 is 0.935 bits per heavy atom. The summed E-state index contributed by atoms with van der Waals surface area (Å²) in [5.41, 5.74) is 0. The van der Waals surface area contributed by atoms with Crippen molar-refractivity contribution in [1.82, 2.24) is 0 Å². The number of methoxy groups -OCH3 is 1. The van der Waals surface area contributed by atoms with E-state index in [1.807, 2.05) is 30.3 Å². The lowest BCUT2D eigenvalue weighted by atomic mass is 10.3. The highest BCUT2D eigenvalue weighted by Gasteiger charge is 2.00. The van der Waals surface area contributed by atoms with Crippen LogP contribution in [0.2, 0.25) is 0 Å². The molecular weight excluding hydrogens is 608 g/mol. The Bertz CT molecular complexity index is 743. The molecule has 0 radical (unpaired) electrons. The molecule has 0 unspecified atom stereocenters. The summed E-state index contributed by atoms with van der Waals surface area (Å²) in [5.74, 6) is 0.554. The molecule has 1 aromatic carbocycles. The summed E-state index contributed by atoms with van der Waals surface area (Å²) in [5, 5.41) is 0. The predicted molar refractivity (Wildman–Crippen MR) is 168 cm³/mol. The van der Waals surface area contributed by atoms with E-state index < -0.39 is 0 Å². The fraction of sp³-hybridized carbons (Fsp3) is 0.781. The quantitative estimate of drug-likeness (QED) is 0.0755. The van der Waals surface area contributed by atoms with Gasteiger partial charge in [-0.05, 0) is 12.1 Å². The molecule has 14 nitrogen and oxygen atoms in total. The van der Waals surface area contributed by atoms with E-state index in [1.54, 1.807) is 0 Å². The van der Waals surface area contributed by atoms with Crippen LogP contribution in [-0.4, -0.2) is 165 Å². The number of ether oxygens (including phenoxy) is 13. The maximum absolute atomic E-state index is 10.9. The average Bonchev–Trinajstić information content (AvgIpc) is 3.08. The molecule has 14 heteroatoms. The molecule has 0 aliphatic heterocycles. The zero-order valence-electron chi connectivity index (χ0n) is 27.6. The van der Waals surface area contributed by atoms with Crippen LogP contribution in [0.15, 0.2) is 30.3 Å². The molecule has 0 bridgehead atoms. The lowest BCUT2D eigenvalue weighted by Gasteiger charge is -2.09. The number of rotatable bonds is 37. The second-order valence-electron chi connectivity index (χ2n) is 9.22. The zero-order chi connectivity index (χ0) is 32.9. The van der Waals surface area contributed by atoms with Gasteiger partial charge in [0.25, 0.3) is 0 Å². The second kappa shape index (κ2) is 35.9. The molecule has 0 fully saturated rings. The average molecular weight is 665 g/mol. The van der Waals surface area contributed by atoms with Crippen LogP contribution < -0.4 is 4.74 Å². The number of benzene rings is 1. The Kier molecular flexibility index (Phi) is 32.8. The summed E-state index contributed by atoms with van der Waals surface area (Å²) in [7, 11) is 1.35. The van der Waals surface area contributed by atoms with E-state index in [2.05, 4.69) is 4.74 Å². The standard InChI is InChI=1S/C32H56O14/c1-34-32(33)7-8-35-9-10-36-11-12-37-13-14-38-15-16-39-17-18-40-19-20-41-21-22-42-23-24-43-25-26-44-27-28-45-29-30-46-31-5-3-2-4-6-31/h2-6H,7-30H2,1H3. The second-order valence-corrected chi connectivity index (χ2v) is 9.22. The lowest BCUT2D eigenvalue weighted by Crippen LogP contribution is -2.15. The third-order valence-corrected chi connectivity index (χ3v) is 5.64. The summed E-state index contributed by atoms with van der Waals surface area (Å²) in [6, 6.07) is 9.66. The highest BCUT2D eigenvalue weighted by molar-refractivity contribution is 5.69. The molecule has 0 atom stereocenters. The van der Waals surface area contributed by atoms with Crippen LogP contribution in [0.25, 0.3) is 0 Å². The monoisotopic (exact) mass is 664 g/mol. The Balaban J connectivity index is 1.61. The summed E-state index contributed by atoms with van der Waals surface area (Å²) < 4.78 is 69.9. The first-order valence-electron chi connectivity index (χ1n) is 15.9. The first-order valence-corrected chi connectivity index (χ1v) is 15.9. The van der Waals surface area contributed by atoms with E-state index in [-0.39, 0.29) is 12.4 Å². The third-order valence-electron chi connectivity index (χ3n) is 5.64. The Morgan fingerprint density at radius 1 is 0.391 bits per heavy atom. The molecule has 0 amide bonds. The Morgan fingerprint density at radius 2 is 0.652 bits per heavy atom. The van der Waals surface area contributed by atoms with Gasteiger partial charge in [0.2, 0.25) is 0 Å². The maximum atomic E-state index is 10.9. The van der Waals surface area contributed by atoms with Gasteiger partial charge >= 0.3 is 5.97 Å². The minimum Gasteiger partial charge on any atom is -0.491 e. The van der Waals surface area contributed by atoms with Gasteiger partial charge in [-0.2, -0.15) is 0 Å². The topological polar surface area (TPSA) is 137 Å². The number of hydrogen-bond acceptors (Lipinski definition) is 14. The van der Waals surface area contributed by atoms with Crippen molar-refractivity contribution in [3.63, 3.8) is 0 Å². The van der Waals surface area contributed by atoms with Gasteiger partial charge in [-0.25, -0.2) is 0 Å². The van der Waals surface area contributed by atoms with E-state index in [9.17, 15) is 4.79 Å². The number of hydrogen-bond donors (Lipinski definition) is 0. The highest BCUT2D eigenvalue weighted by atomic mass is 16.6. The largest absolute Gasteiger partial charge is 0.491 e. The lowest BCUT2D eigenvalue weighted by molar-refractivity contribution is -0.141. The van der Waals surface area contributed by atoms with Crippen molar-refractivity contribution in [3.8, 4) is 5.75 Å². The molecule has 0 N–H and O–H groups in total. The van der Waals surface area contributed by atoms with Crippen LogP contribution in [0.4, 0.5) is 0 Å². The molecule has 0 heterocycles. The maximum Gasteiger partial charge on any atom is 0.307 e. The molecule has 0 saturated heterocycles. The van der Waals surface area contributed by atoms with Crippen molar-refractivity contribution in [1.29, 1.82) is 0 Å². The molecule has 0 spiro atoms. The Hall–Kier alpha value is -1.95. The molecular formula is C32H56O14. The van der Waals surface area contributed by atoms with Crippen molar-refractivity contribution in [2.75, 3.05) is 159 Å². The predicted octanol–water partition coefficient (Wildman–Crippen LogP) is 1.81. The summed E-state index contributed by atoms with van der Waals surface area (Å²) in [6.07, 6.45) is 0.244. The first kappa shape index (κ1) is 42.1. The number of para-hydroxylation sites is 1. The van der Waals surface area contributed by atoms with Gasteiger partial charge in [-0.15, -0.1) is 0 Å². The molecule has 1 rings (SSSR count). The molecule has 0 aliphatic rings. The minimum atomic E-state index is -0.286. The van der Waals surface area contributed by atoms with Crippen LogP contribution in [0.5, 0.6) is 5.75 Å². The van der Waals surface area contributed by atoms with E-state index in [1.165, 1.54) is 7.11 Å². The van der Waals surface area contributed by atoms with Crippen molar-refractivity contribution in [2.45, 2.75) is 6.42 Å². The molecule has 0 aliphatic carbocycles. The van der Waals surface area contributed by atoms with Gasteiger partial charge in [0.1, 0.15) is 12.4 Å². The van der Waals surface area contributed by atoms with Gasteiger partial charge < -0.3 is 61.6 Å². The summed E-state index contributed by atoms with van der Waals surface area (Å²) in [4.78, 5) is 10.9. The number of carbonyl (C=O) groups is 1. The van der Waals surface area contributed by atoms with E-state index in [0.29, 0.717) is 152 Å². The van der Waals surface area contributed by atoms with Crippen LogP contribution in [0.1, 0.15) is 6.42 Å². The van der Waals surface area contributed by atoms with Gasteiger partial charge in [0.15, 0.2) is 0 Å². The molecule has 0 saturated carbocycles. The highest BCUT2D eigenvalue weighted by Crippen LogP contribution is 2.07. The van der Waals surface area contributed by atoms with Crippen LogP contribution in [0.3, 0.4) is 0 Å². The third kappa shape index (κ3) is 32.0. The fourth-order valence-corrected chi connectivity index (χ4v) is 3.29. The first-order chi connectivity index (χ1) is 22.8. The molecule has 1 aromatic rings. The summed E-state index contributed by atoms with van der Waals surface area (Å²) >= 11 is 0. The van der Waals surface area contributed by atoms with Gasteiger partial charge in [-0.1, -0.05) is 18.2 Å². The fourth-order valence-electron chi connectivity index (χ4n) is 3.29. The molecule has 0 aromatic heterocycles. The van der Waals surface area contributed by atoms with Crippen LogP contribution in [0, 0.1) is 0 Å². The van der Waals surface area contributed by atoms with E-state index in [4.69, 9.17) is 56.8 Å². The zero-order valence-corrected chi connectivity index (χ0v) is 27.6. The van der Waals surface area contributed by atoms with Crippen LogP contribution >= 0.6 is 0 Å². The molecule has 268 valence electrons. The smallest absolute Gasteiger partial charge is 0.307 e. The van der Waals surface area contributed by atoms with Crippen molar-refractivity contribution >= 4 is 5.97 Å². The molecule has 46 heavy (non-hydrogen) atoms. The van der Waals surface area contributed by atoms with E-state index in [0.717, 1.165) is 5.75 Å².